The molecule has 1 aliphatic heterocycles. The minimum Gasteiger partial charge on any atom is -0.490 e. The van der Waals surface area contributed by atoms with Gasteiger partial charge < -0.3 is 10.1 Å². The third kappa shape index (κ3) is 3.20. The highest BCUT2D eigenvalue weighted by atomic mass is 79.9. The van der Waals surface area contributed by atoms with E-state index >= 15 is 0 Å². The van der Waals surface area contributed by atoms with Crippen LogP contribution >= 0.6 is 15.9 Å². The highest BCUT2D eigenvalue weighted by Crippen LogP contribution is 2.39. The first-order valence-electron chi connectivity index (χ1n) is 7.89. The summed E-state index contributed by atoms with van der Waals surface area (Å²) < 4.78 is 7.39. The maximum atomic E-state index is 6.26. The second-order valence-electron chi connectivity index (χ2n) is 6.24. The molecule has 0 radical (unpaired) electrons. The lowest BCUT2D eigenvalue weighted by atomic mass is 9.83. The van der Waals surface area contributed by atoms with E-state index in [1.807, 2.05) is 0 Å². The summed E-state index contributed by atoms with van der Waals surface area (Å²) in [4.78, 5) is 0. The zero-order valence-corrected chi connectivity index (χ0v) is 13.8. The van der Waals surface area contributed by atoms with E-state index in [1.54, 1.807) is 0 Å². The maximum absolute atomic E-state index is 6.26. The van der Waals surface area contributed by atoms with Gasteiger partial charge in [0.2, 0.25) is 0 Å². The predicted octanol–water partition coefficient (Wildman–Crippen LogP) is 4.83. The van der Waals surface area contributed by atoms with Crippen molar-refractivity contribution in [2.75, 3.05) is 7.05 Å². The highest BCUT2D eigenvalue weighted by Gasteiger charge is 2.29. The molecule has 0 saturated heterocycles. The van der Waals surface area contributed by atoms with Gasteiger partial charge in [0.1, 0.15) is 11.9 Å². The van der Waals surface area contributed by atoms with Crippen LogP contribution in [0.2, 0.25) is 0 Å². The summed E-state index contributed by atoms with van der Waals surface area (Å²) in [5.74, 6) is 1.95. The van der Waals surface area contributed by atoms with Crippen LogP contribution in [-0.2, 0) is 0 Å². The maximum Gasteiger partial charge on any atom is 0.124 e. The molecule has 1 saturated carbocycles. The van der Waals surface area contributed by atoms with E-state index in [1.165, 1.54) is 44.1 Å². The van der Waals surface area contributed by atoms with Crippen molar-refractivity contribution in [3.8, 4) is 5.75 Å². The number of ether oxygens (including phenoxy) is 1. The summed E-state index contributed by atoms with van der Waals surface area (Å²) in [7, 11) is 2.05. The largest absolute Gasteiger partial charge is 0.490 e. The molecule has 1 aliphatic carbocycles. The highest BCUT2D eigenvalue weighted by molar-refractivity contribution is 9.10. The quantitative estimate of drug-likeness (QED) is 0.852. The van der Waals surface area contributed by atoms with Gasteiger partial charge in [-0.1, -0.05) is 48.0 Å². The van der Waals surface area contributed by atoms with Crippen molar-refractivity contribution in [2.24, 2.45) is 5.92 Å². The van der Waals surface area contributed by atoms with Crippen LogP contribution in [0.25, 0.3) is 0 Å². The van der Waals surface area contributed by atoms with Crippen molar-refractivity contribution in [3.63, 3.8) is 0 Å². The summed E-state index contributed by atoms with van der Waals surface area (Å²) >= 11 is 3.56. The van der Waals surface area contributed by atoms with Crippen LogP contribution in [0.4, 0.5) is 0 Å². The lowest BCUT2D eigenvalue weighted by Crippen LogP contribution is -2.33. The minimum atomic E-state index is 0.379. The Labute approximate surface area is 130 Å². The Morgan fingerprint density at radius 1 is 1.25 bits per heavy atom. The Bertz CT molecular complexity index is 456. The fraction of sp³-hybridized carbons (Fsp3) is 0.647. The van der Waals surface area contributed by atoms with Crippen molar-refractivity contribution < 1.29 is 4.74 Å². The van der Waals surface area contributed by atoms with E-state index < -0.39 is 0 Å². The molecule has 1 N–H and O–H groups in total. The number of fused-ring (bicyclic) bond motifs is 1. The van der Waals surface area contributed by atoms with Gasteiger partial charge in [-0.25, -0.2) is 0 Å². The molecule has 20 heavy (non-hydrogen) atoms. The summed E-state index contributed by atoms with van der Waals surface area (Å²) in [5.41, 5.74) is 1.29. The first kappa shape index (κ1) is 14.4. The average molecular weight is 338 g/mol. The Balaban J connectivity index is 1.71. The lowest BCUT2D eigenvalue weighted by Gasteiger charge is -2.35. The van der Waals surface area contributed by atoms with Gasteiger partial charge in [-0.3, -0.25) is 0 Å². The molecular formula is C17H24BrNO. The van der Waals surface area contributed by atoms with Crippen LogP contribution in [0.15, 0.2) is 22.7 Å². The number of rotatable bonds is 3. The molecule has 0 amide bonds. The van der Waals surface area contributed by atoms with Crippen molar-refractivity contribution >= 4 is 15.9 Å². The van der Waals surface area contributed by atoms with Crippen molar-refractivity contribution in [3.05, 3.63) is 28.2 Å². The van der Waals surface area contributed by atoms with Crippen molar-refractivity contribution in [2.45, 2.75) is 57.1 Å². The molecule has 1 aromatic rings. The van der Waals surface area contributed by atoms with E-state index in [4.69, 9.17) is 4.74 Å². The molecule has 3 heteroatoms. The average Bonchev–Trinajstić information content (AvgIpc) is 2.48. The smallest absolute Gasteiger partial charge is 0.124 e. The van der Waals surface area contributed by atoms with Gasteiger partial charge in [-0.15, -0.1) is 0 Å². The van der Waals surface area contributed by atoms with E-state index in [0.717, 1.165) is 22.6 Å². The molecule has 3 rings (SSSR count). The van der Waals surface area contributed by atoms with E-state index in [0.29, 0.717) is 12.1 Å². The minimum absolute atomic E-state index is 0.379. The molecule has 0 aromatic heterocycles. The zero-order chi connectivity index (χ0) is 13.9. The SMILES string of the molecule is CNC1CC(CC2CCCCC2)Oc2ccc(Br)cc21. The number of hydrogen-bond donors (Lipinski definition) is 1. The molecule has 2 unspecified atom stereocenters. The molecule has 110 valence electrons. The monoisotopic (exact) mass is 337 g/mol. The second kappa shape index (κ2) is 6.48. The Morgan fingerprint density at radius 3 is 2.80 bits per heavy atom. The third-order valence-electron chi connectivity index (χ3n) is 4.81. The van der Waals surface area contributed by atoms with Crippen molar-refractivity contribution in [1.29, 1.82) is 0 Å². The third-order valence-corrected chi connectivity index (χ3v) is 5.30. The number of hydrogen-bond acceptors (Lipinski definition) is 2. The number of nitrogens with one attached hydrogen (secondary N) is 1. The van der Waals surface area contributed by atoms with Gasteiger partial charge in [-0.2, -0.15) is 0 Å². The van der Waals surface area contributed by atoms with E-state index in [-0.39, 0.29) is 0 Å². The number of halogens is 1. The van der Waals surface area contributed by atoms with Crippen molar-refractivity contribution in [1.82, 2.24) is 5.32 Å². The molecule has 0 bridgehead atoms. The first-order chi connectivity index (χ1) is 9.76. The first-order valence-corrected chi connectivity index (χ1v) is 8.69. The van der Waals surface area contributed by atoms with Gasteiger partial charge in [0.15, 0.2) is 0 Å². The van der Waals surface area contributed by atoms with E-state index in [2.05, 4.69) is 46.5 Å². The fourth-order valence-corrected chi connectivity index (χ4v) is 4.11. The van der Waals surface area contributed by atoms with Gasteiger partial charge in [-0.05, 0) is 37.6 Å². The van der Waals surface area contributed by atoms with Gasteiger partial charge in [0, 0.05) is 22.5 Å². The summed E-state index contributed by atoms with van der Waals surface area (Å²) in [6.45, 7) is 0. The molecule has 2 atom stereocenters. The molecule has 2 aliphatic rings. The lowest BCUT2D eigenvalue weighted by molar-refractivity contribution is 0.115. The molecule has 1 fully saturated rings. The van der Waals surface area contributed by atoms with Crippen LogP contribution < -0.4 is 10.1 Å². The molecule has 2 nitrogen and oxygen atoms in total. The predicted molar refractivity (Wildman–Crippen MR) is 86.2 cm³/mol. The topological polar surface area (TPSA) is 21.3 Å². The second-order valence-corrected chi connectivity index (χ2v) is 7.15. The molecular weight excluding hydrogens is 314 g/mol. The van der Waals surface area contributed by atoms with Gasteiger partial charge in [0.05, 0.1) is 0 Å². The van der Waals surface area contributed by atoms with Crippen LogP contribution in [0.1, 0.15) is 56.6 Å². The van der Waals surface area contributed by atoms with E-state index in [9.17, 15) is 0 Å². The van der Waals surface area contributed by atoms with Crippen LogP contribution in [0, 0.1) is 5.92 Å². The van der Waals surface area contributed by atoms with Crippen LogP contribution in [0.5, 0.6) is 5.75 Å². The normalized spacial score (nSPS) is 26.9. The van der Waals surface area contributed by atoms with Gasteiger partial charge >= 0.3 is 0 Å². The molecule has 1 heterocycles. The van der Waals surface area contributed by atoms with Gasteiger partial charge in [0.25, 0.3) is 0 Å². The number of benzene rings is 1. The fourth-order valence-electron chi connectivity index (χ4n) is 3.73. The van der Waals surface area contributed by atoms with Crippen LogP contribution in [0.3, 0.4) is 0 Å². The standard InChI is InChI=1S/C17H24BrNO/c1-19-16-11-14(9-12-5-3-2-4-6-12)20-17-8-7-13(18)10-15(16)17/h7-8,10,12,14,16,19H,2-6,9,11H2,1H3. The molecule has 1 aromatic carbocycles. The zero-order valence-electron chi connectivity index (χ0n) is 12.2. The summed E-state index contributed by atoms with van der Waals surface area (Å²) in [6, 6.07) is 6.79. The van der Waals surface area contributed by atoms with Crippen LogP contribution in [-0.4, -0.2) is 13.2 Å². The summed E-state index contributed by atoms with van der Waals surface area (Å²) in [6.07, 6.45) is 9.76. The Kier molecular flexibility index (Phi) is 4.67. The summed E-state index contributed by atoms with van der Waals surface area (Å²) in [5, 5.41) is 3.45. The Hall–Kier alpha value is -0.540. The molecule has 0 spiro atoms. The Morgan fingerprint density at radius 2 is 2.05 bits per heavy atom.